The number of hydrogen-bond acceptors (Lipinski definition) is 2. The quantitative estimate of drug-likeness (QED) is 0.607. The van der Waals surface area contributed by atoms with Crippen molar-refractivity contribution in [3.8, 4) is 5.75 Å². The van der Waals surface area contributed by atoms with Crippen molar-refractivity contribution in [2.24, 2.45) is 0 Å². The van der Waals surface area contributed by atoms with Gasteiger partial charge in [-0.1, -0.05) is 6.07 Å². The van der Waals surface area contributed by atoms with Gasteiger partial charge in [0.15, 0.2) is 0 Å². The predicted molar refractivity (Wildman–Crippen MR) is 71.5 cm³/mol. The van der Waals surface area contributed by atoms with Crippen molar-refractivity contribution in [1.82, 2.24) is 9.55 Å². The van der Waals surface area contributed by atoms with Crippen LogP contribution >= 0.6 is 11.6 Å². The summed E-state index contributed by atoms with van der Waals surface area (Å²) in [5.41, 5.74) is 0.588. The Morgan fingerprint density at radius 1 is 1.38 bits per heavy atom. The van der Waals surface area contributed by atoms with E-state index in [9.17, 15) is 17.6 Å². The first-order chi connectivity index (χ1) is 9.77. The Kier molecular flexibility index (Phi) is 4.32. The highest BCUT2D eigenvalue weighted by atomic mass is 35.5. The summed E-state index contributed by atoms with van der Waals surface area (Å²) < 4.78 is 57.8. The summed E-state index contributed by atoms with van der Waals surface area (Å²) in [6, 6.07) is 4.69. The van der Waals surface area contributed by atoms with Crippen molar-refractivity contribution >= 4 is 22.6 Å². The van der Waals surface area contributed by atoms with E-state index in [1.165, 1.54) is 20.1 Å². The first-order valence-corrected chi connectivity index (χ1v) is 6.54. The van der Waals surface area contributed by atoms with E-state index in [4.69, 9.17) is 16.3 Å². The molecule has 3 nitrogen and oxygen atoms in total. The van der Waals surface area contributed by atoms with Crippen molar-refractivity contribution in [1.29, 1.82) is 0 Å². The zero-order chi connectivity index (χ0) is 15.8. The SMILES string of the molecule is COc1cccc2c1nc(C(C)Cl)n2CC(F)(F)C(F)F. The van der Waals surface area contributed by atoms with Gasteiger partial charge in [-0.3, -0.25) is 0 Å². The molecule has 1 aromatic carbocycles. The number of para-hydroxylation sites is 1. The van der Waals surface area contributed by atoms with Gasteiger partial charge in [0.05, 0.1) is 24.5 Å². The lowest BCUT2D eigenvalue weighted by Crippen LogP contribution is -2.32. The number of aromatic nitrogens is 2. The summed E-state index contributed by atoms with van der Waals surface area (Å²) in [6.07, 6.45) is -3.76. The Morgan fingerprint density at radius 2 is 2.05 bits per heavy atom. The normalized spacial score (nSPS) is 13.9. The molecule has 0 aliphatic heterocycles. The van der Waals surface area contributed by atoms with Crippen molar-refractivity contribution in [2.45, 2.75) is 31.2 Å². The van der Waals surface area contributed by atoms with Gasteiger partial charge in [-0.05, 0) is 19.1 Å². The Morgan fingerprint density at radius 3 is 2.57 bits per heavy atom. The molecule has 0 spiro atoms. The van der Waals surface area contributed by atoms with E-state index < -0.39 is 24.3 Å². The molecule has 1 aromatic heterocycles. The van der Waals surface area contributed by atoms with Crippen LogP contribution in [0, 0.1) is 0 Å². The number of methoxy groups -OCH3 is 1. The first-order valence-electron chi connectivity index (χ1n) is 6.11. The molecule has 1 unspecified atom stereocenters. The number of nitrogens with zero attached hydrogens (tertiary/aromatic N) is 2. The van der Waals surface area contributed by atoms with E-state index in [-0.39, 0.29) is 11.3 Å². The molecule has 0 amide bonds. The maximum atomic E-state index is 13.4. The molecule has 2 aromatic rings. The van der Waals surface area contributed by atoms with E-state index in [1.54, 1.807) is 12.1 Å². The molecule has 0 saturated carbocycles. The van der Waals surface area contributed by atoms with Gasteiger partial charge < -0.3 is 9.30 Å². The molecule has 1 heterocycles. The number of imidazole rings is 1. The number of halogens is 5. The fourth-order valence-electron chi connectivity index (χ4n) is 2.05. The average Bonchev–Trinajstić information content (AvgIpc) is 2.77. The van der Waals surface area contributed by atoms with Crippen LogP contribution in [0.1, 0.15) is 18.1 Å². The van der Waals surface area contributed by atoms with Crippen LogP contribution in [-0.2, 0) is 6.54 Å². The second-order valence-corrected chi connectivity index (χ2v) is 5.22. The van der Waals surface area contributed by atoms with Crippen molar-refractivity contribution in [2.75, 3.05) is 7.11 Å². The molecule has 2 rings (SSSR count). The lowest BCUT2D eigenvalue weighted by molar-refractivity contribution is -0.137. The summed E-state index contributed by atoms with van der Waals surface area (Å²) in [6.45, 7) is 0.340. The van der Waals surface area contributed by atoms with Gasteiger partial charge in [-0.25, -0.2) is 13.8 Å². The van der Waals surface area contributed by atoms with E-state index >= 15 is 0 Å². The molecule has 0 bridgehead atoms. The van der Waals surface area contributed by atoms with Crippen molar-refractivity contribution in [3.05, 3.63) is 24.0 Å². The third kappa shape index (κ3) is 2.92. The third-order valence-electron chi connectivity index (χ3n) is 3.04. The van der Waals surface area contributed by atoms with Gasteiger partial charge in [0.1, 0.15) is 17.1 Å². The van der Waals surface area contributed by atoms with E-state index in [2.05, 4.69) is 4.98 Å². The molecule has 116 valence electrons. The molecular weight excluding hydrogens is 312 g/mol. The Hall–Kier alpha value is -1.50. The number of benzene rings is 1. The zero-order valence-corrected chi connectivity index (χ0v) is 12.0. The lowest BCUT2D eigenvalue weighted by atomic mass is 10.2. The van der Waals surface area contributed by atoms with Crippen molar-refractivity contribution in [3.63, 3.8) is 0 Å². The second-order valence-electron chi connectivity index (χ2n) is 4.56. The zero-order valence-electron chi connectivity index (χ0n) is 11.3. The van der Waals surface area contributed by atoms with Gasteiger partial charge in [0, 0.05) is 0 Å². The Bertz CT molecular complexity index is 642. The number of ether oxygens (including phenoxy) is 1. The maximum Gasteiger partial charge on any atom is 0.324 e. The molecule has 21 heavy (non-hydrogen) atoms. The van der Waals surface area contributed by atoms with E-state index in [0.717, 1.165) is 4.57 Å². The lowest BCUT2D eigenvalue weighted by Gasteiger charge is -2.18. The van der Waals surface area contributed by atoms with Crippen LogP contribution in [0.15, 0.2) is 18.2 Å². The first kappa shape index (κ1) is 15.9. The number of alkyl halides is 5. The topological polar surface area (TPSA) is 27.1 Å². The van der Waals surface area contributed by atoms with Gasteiger partial charge in [0.2, 0.25) is 0 Å². The maximum absolute atomic E-state index is 13.4. The van der Waals surface area contributed by atoms with Crippen molar-refractivity contribution < 1.29 is 22.3 Å². The summed E-state index contributed by atoms with van der Waals surface area (Å²) >= 11 is 5.93. The Balaban J connectivity index is 2.63. The largest absolute Gasteiger partial charge is 0.494 e. The molecule has 0 N–H and O–H groups in total. The molecule has 0 aliphatic carbocycles. The minimum absolute atomic E-state index is 0.0940. The molecule has 1 atom stereocenters. The summed E-state index contributed by atoms with van der Waals surface area (Å²) in [4.78, 5) is 4.15. The summed E-state index contributed by atoms with van der Waals surface area (Å²) in [5.74, 6) is -3.71. The number of rotatable bonds is 5. The molecule has 0 aliphatic rings. The fraction of sp³-hybridized carbons (Fsp3) is 0.462. The van der Waals surface area contributed by atoms with Crippen LogP contribution in [0.3, 0.4) is 0 Å². The minimum Gasteiger partial charge on any atom is -0.494 e. The fourth-order valence-corrected chi connectivity index (χ4v) is 2.22. The van der Waals surface area contributed by atoms with Crippen LogP contribution in [-0.4, -0.2) is 29.0 Å². The van der Waals surface area contributed by atoms with E-state index in [1.807, 2.05) is 0 Å². The predicted octanol–water partition coefficient (Wildman–Crippen LogP) is 4.25. The van der Waals surface area contributed by atoms with Crippen LogP contribution in [0.5, 0.6) is 5.75 Å². The number of fused-ring (bicyclic) bond motifs is 1. The van der Waals surface area contributed by atoms with Gasteiger partial charge in [0.25, 0.3) is 0 Å². The number of hydrogen-bond donors (Lipinski definition) is 0. The van der Waals surface area contributed by atoms with Crippen LogP contribution in [0.25, 0.3) is 11.0 Å². The monoisotopic (exact) mass is 324 g/mol. The van der Waals surface area contributed by atoms with Crippen LogP contribution < -0.4 is 4.74 Å². The molecule has 0 saturated heterocycles. The molecular formula is C13H13ClF4N2O. The second kappa shape index (κ2) is 5.71. The highest BCUT2D eigenvalue weighted by molar-refractivity contribution is 6.20. The highest BCUT2D eigenvalue weighted by Gasteiger charge is 2.42. The molecule has 0 fully saturated rings. The van der Waals surface area contributed by atoms with Crippen LogP contribution in [0.2, 0.25) is 0 Å². The highest BCUT2D eigenvalue weighted by Crippen LogP contribution is 2.33. The molecule has 8 heteroatoms. The van der Waals surface area contributed by atoms with E-state index in [0.29, 0.717) is 11.3 Å². The Labute approximate surface area is 123 Å². The molecule has 0 radical (unpaired) electrons. The minimum atomic E-state index is -4.17. The average molecular weight is 325 g/mol. The summed E-state index contributed by atoms with van der Waals surface area (Å²) in [5, 5.41) is -0.712. The standard InChI is InChI=1S/C13H13ClF4N2O/c1-7(14)11-19-10-8(4-3-5-9(10)21-2)20(11)6-13(17,18)12(15)16/h3-5,7,12H,6H2,1-2H3. The van der Waals surface area contributed by atoms with Crippen LogP contribution in [0.4, 0.5) is 17.6 Å². The third-order valence-corrected chi connectivity index (χ3v) is 3.23. The smallest absolute Gasteiger partial charge is 0.324 e. The summed E-state index contributed by atoms with van der Waals surface area (Å²) in [7, 11) is 1.41. The van der Waals surface area contributed by atoms with Gasteiger partial charge >= 0.3 is 12.3 Å². The van der Waals surface area contributed by atoms with Gasteiger partial charge in [-0.15, -0.1) is 11.6 Å². The van der Waals surface area contributed by atoms with Gasteiger partial charge in [-0.2, -0.15) is 8.78 Å².